The number of hydrogen-bond donors (Lipinski definition) is 3. The summed E-state index contributed by atoms with van der Waals surface area (Å²) in [5.74, 6) is -0.121. The van der Waals surface area contributed by atoms with E-state index in [1.165, 1.54) is 0 Å². The molecule has 0 fully saturated rings. The van der Waals surface area contributed by atoms with E-state index < -0.39 is 0 Å². The van der Waals surface area contributed by atoms with Gasteiger partial charge in [-0.05, 0) is 6.92 Å². The van der Waals surface area contributed by atoms with Crippen LogP contribution < -0.4 is 10.6 Å². The third kappa shape index (κ3) is 3.05. The van der Waals surface area contributed by atoms with Gasteiger partial charge in [0.1, 0.15) is 0 Å². The minimum atomic E-state index is -0.319. The summed E-state index contributed by atoms with van der Waals surface area (Å²) in [7, 11) is 1.55. The van der Waals surface area contributed by atoms with Crippen LogP contribution in [-0.2, 0) is 4.79 Å². The SMILES string of the molecule is CNC(=O)[C@H](C)NCO. The molecule has 0 unspecified atom stereocenters. The molecular weight excluding hydrogens is 120 g/mol. The predicted octanol–water partition coefficient (Wildman–Crippen LogP) is -1.34. The van der Waals surface area contributed by atoms with Gasteiger partial charge in [0.25, 0.3) is 0 Å². The maximum Gasteiger partial charge on any atom is 0.236 e. The molecule has 0 aliphatic rings. The van der Waals surface area contributed by atoms with Gasteiger partial charge in [-0.15, -0.1) is 0 Å². The Morgan fingerprint density at radius 1 is 1.78 bits per heavy atom. The zero-order chi connectivity index (χ0) is 7.28. The molecule has 0 aromatic rings. The molecule has 4 heteroatoms. The number of hydrogen-bond acceptors (Lipinski definition) is 3. The molecule has 54 valence electrons. The van der Waals surface area contributed by atoms with E-state index in [0.29, 0.717) is 0 Å². The fourth-order valence-electron chi connectivity index (χ4n) is 0.446. The summed E-state index contributed by atoms with van der Waals surface area (Å²) in [4.78, 5) is 10.6. The summed E-state index contributed by atoms with van der Waals surface area (Å²) >= 11 is 0. The summed E-state index contributed by atoms with van der Waals surface area (Å²) in [6.07, 6.45) is 0. The van der Waals surface area contributed by atoms with E-state index in [1.54, 1.807) is 14.0 Å². The fourth-order valence-corrected chi connectivity index (χ4v) is 0.446. The van der Waals surface area contributed by atoms with Crippen LogP contribution in [0.5, 0.6) is 0 Å². The second-order valence-corrected chi connectivity index (χ2v) is 1.70. The number of likely N-dealkylation sites (N-methyl/N-ethyl adjacent to an activating group) is 1. The zero-order valence-corrected chi connectivity index (χ0v) is 5.64. The van der Waals surface area contributed by atoms with Gasteiger partial charge in [0.15, 0.2) is 0 Å². The number of rotatable bonds is 3. The van der Waals surface area contributed by atoms with Crippen LogP contribution in [0.2, 0.25) is 0 Å². The van der Waals surface area contributed by atoms with E-state index in [2.05, 4.69) is 10.6 Å². The van der Waals surface area contributed by atoms with E-state index in [-0.39, 0.29) is 18.7 Å². The second kappa shape index (κ2) is 4.29. The first kappa shape index (κ1) is 8.39. The molecule has 0 rings (SSSR count). The van der Waals surface area contributed by atoms with Crippen molar-refractivity contribution >= 4 is 5.91 Å². The highest BCUT2D eigenvalue weighted by molar-refractivity contribution is 5.80. The summed E-state index contributed by atoms with van der Waals surface area (Å²) in [5.41, 5.74) is 0. The zero-order valence-electron chi connectivity index (χ0n) is 5.64. The van der Waals surface area contributed by atoms with Crippen molar-refractivity contribution < 1.29 is 9.90 Å². The number of aliphatic hydroxyl groups is 1. The third-order valence-corrected chi connectivity index (χ3v) is 1.04. The van der Waals surface area contributed by atoms with Crippen LogP contribution in [-0.4, -0.2) is 30.8 Å². The summed E-state index contributed by atoms with van der Waals surface area (Å²) < 4.78 is 0. The topological polar surface area (TPSA) is 61.4 Å². The summed E-state index contributed by atoms with van der Waals surface area (Å²) in [5, 5.41) is 13.3. The molecule has 0 saturated carbocycles. The van der Waals surface area contributed by atoms with Gasteiger partial charge in [0.05, 0.1) is 12.8 Å². The first-order valence-electron chi connectivity index (χ1n) is 2.78. The predicted molar refractivity (Wildman–Crippen MR) is 33.8 cm³/mol. The maximum absolute atomic E-state index is 10.6. The van der Waals surface area contributed by atoms with E-state index >= 15 is 0 Å². The van der Waals surface area contributed by atoms with Crippen LogP contribution in [0.1, 0.15) is 6.92 Å². The van der Waals surface area contributed by atoms with E-state index in [9.17, 15) is 4.79 Å². The Labute approximate surface area is 54.3 Å². The van der Waals surface area contributed by atoms with Crippen LogP contribution in [0.15, 0.2) is 0 Å². The molecule has 0 spiro atoms. The molecule has 3 N–H and O–H groups in total. The second-order valence-electron chi connectivity index (χ2n) is 1.70. The number of nitrogens with one attached hydrogen (secondary N) is 2. The lowest BCUT2D eigenvalue weighted by Crippen LogP contribution is -2.40. The Kier molecular flexibility index (Phi) is 4.00. The van der Waals surface area contributed by atoms with Gasteiger partial charge in [0, 0.05) is 7.05 Å². The van der Waals surface area contributed by atoms with Crippen molar-refractivity contribution in [1.82, 2.24) is 10.6 Å². The smallest absolute Gasteiger partial charge is 0.236 e. The van der Waals surface area contributed by atoms with Crippen molar-refractivity contribution in [2.45, 2.75) is 13.0 Å². The van der Waals surface area contributed by atoms with Crippen molar-refractivity contribution in [2.24, 2.45) is 0 Å². The number of carbonyl (C=O) groups is 1. The van der Waals surface area contributed by atoms with E-state index in [4.69, 9.17) is 5.11 Å². The highest BCUT2D eigenvalue weighted by Gasteiger charge is 2.07. The van der Waals surface area contributed by atoms with Gasteiger partial charge < -0.3 is 10.4 Å². The average Bonchev–Trinajstić information content (AvgIpc) is 1.87. The Morgan fingerprint density at radius 2 is 2.33 bits per heavy atom. The van der Waals surface area contributed by atoms with Crippen LogP contribution in [0.25, 0.3) is 0 Å². The van der Waals surface area contributed by atoms with Crippen LogP contribution in [0, 0.1) is 0 Å². The van der Waals surface area contributed by atoms with Crippen molar-refractivity contribution in [3.8, 4) is 0 Å². The van der Waals surface area contributed by atoms with Crippen LogP contribution in [0.3, 0.4) is 0 Å². The Bertz CT molecular complexity index is 95.0. The highest BCUT2D eigenvalue weighted by atomic mass is 16.3. The van der Waals surface area contributed by atoms with Gasteiger partial charge in [0.2, 0.25) is 5.91 Å². The molecular formula is C5H12N2O2. The minimum absolute atomic E-state index is 0.121. The first-order chi connectivity index (χ1) is 4.22. The number of carbonyl (C=O) groups excluding carboxylic acids is 1. The van der Waals surface area contributed by atoms with Crippen LogP contribution in [0.4, 0.5) is 0 Å². The molecule has 0 aliphatic heterocycles. The highest BCUT2D eigenvalue weighted by Crippen LogP contribution is 1.76. The molecule has 0 aliphatic carbocycles. The Hall–Kier alpha value is -0.610. The summed E-state index contributed by atoms with van der Waals surface area (Å²) in [6, 6.07) is -0.319. The lowest BCUT2D eigenvalue weighted by atomic mass is 10.3. The third-order valence-electron chi connectivity index (χ3n) is 1.04. The average molecular weight is 132 g/mol. The van der Waals surface area contributed by atoms with Crippen LogP contribution >= 0.6 is 0 Å². The lowest BCUT2D eigenvalue weighted by Gasteiger charge is -2.08. The molecule has 0 saturated heterocycles. The molecule has 4 nitrogen and oxygen atoms in total. The standard InChI is InChI=1S/C5H12N2O2/c1-4(7-3-8)5(9)6-2/h4,7-8H,3H2,1-2H3,(H,6,9)/t4-/m0/s1. The normalized spacial score (nSPS) is 12.8. The molecule has 0 aromatic carbocycles. The van der Waals surface area contributed by atoms with Crippen molar-refractivity contribution in [1.29, 1.82) is 0 Å². The lowest BCUT2D eigenvalue weighted by molar-refractivity contribution is -0.122. The monoisotopic (exact) mass is 132 g/mol. The van der Waals surface area contributed by atoms with Gasteiger partial charge in [-0.2, -0.15) is 0 Å². The summed E-state index contributed by atoms with van der Waals surface area (Å²) in [6.45, 7) is 1.50. The molecule has 9 heavy (non-hydrogen) atoms. The van der Waals surface area contributed by atoms with E-state index in [1.807, 2.05) is 0 Å². The molecule has 0 aromatic heterocycles. The quantitative estimate of drug-likeness (QED) is 0.416. The Balaban J connectivity index is 3.45. The number of amides is 1. The van der Waals surface area contributed by atoms with E-state index in [0.717, 1.165) is 0 Å². The molecule has 0 heterocycles. The minimum Gasteiger partial charge on any atom is -0.381 e. The largest absolute Gasteiger partial charge is 0.381 e. The Morgan fingerprint density at radius 3 is 2.67 bits per heavy atom. The van der Waals surface area contributed by atoms with Gasteiger partial charge in [-0.3, -0.25) is 10.1 Å². The first-order valence-corrected chi connectivity index (χ1v) is 2.78. The fraction of sp³-hybridized carbons (Fsp3) is 0.800. The van der Waals surface area contributed by atoms with Gasteiger partial charge >= 0.3 is 0 Å². The molecule has 0 bridgehead atoms. The number of aliphatic hydroxyl groups excluding tert-OH is 1. The van der Waals surface area contributed by atoms with Crippen molar-refractivity contribution in [3.05, 3.63) is 0 Å². The van der Waals surface area contributed by atoms with Crippen molar-refractivity contribution in [3.63, 3.8) is 0 Å². The van der Waals surface area contributed by atoms with Gasteiger partial charge in [-0.25, -0.2) is 0 Å². The van der Waals surface area contributed by atoms with Gasteiger partial charge in [-0.1, -0.05) is 0 Å². The maximum atomic E-state index is 10.6. The molecule has 1 atom stereocenters. The van der Waals surface area contributed by atoms with Crippen molar-refractivity contribution in [2.75, 3.05) is 13.8 Å². The molecule has 0 radical (unpaired) electrons. The molecule has 1 amide bonds.